The molecule has 3 aromatic carbocycles. The lowest BCUT2D eigenvalue weighted by Crippen LogP contribution is -2.41. The first kappa shape index (κ1) is 25.4. The summed E-state index contributed by atoms with van der Waals surface area (Å²) in [5, 5.41) is 4.81. The lowest BCUT2D eigenvalue weighted by atomic mass is 9.76. The number of nitrogens with zero attached hydrogens (tertiary/aromatic N) is 2. The Hall–Kier alpha value is -3.89. The van der Waals surface area contributed by atoms with Crippen LogP contribution in [0.15, 0.2) is 76.6 Å². The van der Waals surface area contributed by atoms with E-state index in [1.54, 1.807) is 31.4 Å². The summed E-state index contributed by atoms with van der Waals surface area (Å²) in [6.45, 7) is 3.59. The first-order chi connectivity index (χ1) is 18.7. The second kappa shape index (κ2) is 9.39. The van der Waals surface area contributed by atoms with Crippen LogP contribution in [-0.2, 0) is 26.3 Å². The largest absolute Gasteiger partial charge is 0.497 e. The molecule has 0 saturated carbocycles. The number of hydrogen-bond donors (Lipinski definition) is 1. The van der Waals surface area contributed by atoms with Crippen LogP contribution >= 0.6 is 23.1 Å². The summed E-state index contributed by atoms with van der Waals surface area (Å²) in [5.74, 6) is -0.979. The molecule has 3 heterocycles. The number of benzene rings is 3. The number of carbonyl (C=O) groups excluding carboxylic acids is 3. The fourth-order valence-corrected chi connectivity index (χ4v) is 8.40. The number of methoxy groups -OCH3 is 1. The van der Waals surface area contributed by atoms with Gasteiger partial charge in [0.05, 0.1) is 23.7 Å². The van der Waals surface area contributed by atoms with Crippen molar-refractivity contribution < 1.29 is 19.1 Å². The monoisotopic (exact) mass is 559 g/mol. The predicted molar refractivity (Wildman–Crippen MR) is 153 cm³/mol. The zero-order chi connectivity index (χ0) is 27.5. The molecule has 3 amide bonds. The van der Waals surface area contributed by atoms with Gasteiger partial charge >= 0.3 is 4.87 Å². The highest BCUT2D eigenvalue weighted by molar-refractivity contribution is 8.00. The van der Waals surface area contributed by atoms with Gasteiger partial charge < -0.3 is 10.1 Å². The summed E-state index contributed by atoms with van der Waals surface area (Å²) in [7, 11) is 1.55. The van der Waals surface area contributed by atoms with Crippen molar-refractivity contribution in [2.45, 2.75) is 36.1 Å². The second-order valence-electron chi connectivity index (χ2n) is 10.1. The van der Waals surface area contributed by atoms with E-state index < -0.39 is 16.6 Å². The number of hydrogen-bond acceptors (Lipinski definition) is 7. The minimum Gasteiger partial charge on any atom is -0.497 e. The number of nitrogens with one attached hydrogen (secondary N) is 1. The third kappa shape index (κ3) is 4.15. The number of thiazole rings is 1. The normalized spacial score (nSPS) is 19.6. The number of rotatable bonds is 5. The van der Waals surface area contributed by atoms with E-state index in [0.717, 1.165) is 27.0 Å². The van der Waals surface area contributed by atoms with Gasteiger partial charge in [0.15, 0.2) is 0 Å². The van der Waals surface area contributed by atoms with Gasteiger partial charge in [0.25, 0.3) is 0 Å². The quantitative estimate of drug-likeness (QED) is 0.358. The van der Waals surface area contributed by atoms with Gasteiger partial charge in [-0.1, -0.05) is 67.3 Å². The highest BCUT2D eigenvalue weighted by Gasteiger charge is 2.59. The Morgan fingerprint density at radius 3 is 2.41 bits per heavy atom. The van der Waals surface area contributed by atoms with E-state index in [1.807, 2.05) is 56.3 Å². The standard InChI is InChI=1S/C29H25N3O5S2/c1-29(2)22-23(26(35)32(25(22)34)19-10-12-20(37-3)13-11-19)38-27-24(29)39-28(36)31(27)15-21(33)30-18-9-8-16-6-4-5-7-17(16)14-18/h4-14,22-23H,15H2,1-3H3,(H,30,33)/t22-,23+/m1/s1. The van der Waals surface area contributed by atoms with E-state index in [0.29, 0.717) is 22.2 Å². The molecule has 2 aliphatic heterocycles. The Labute approximate surface area is 232 Å². The van der Waals surface area contributed by atoms with Gasteiger partial charge in [-0.3, -0.25) is 23.7 Å². The Kier molecular flexibility index (Phi) is 6.11. The summed E-state index contributed by atoms with van der Waals surface area (Å²) < 4.78 is 6.62. The molecule has 0 bridgehead atoms. The van der Waals surface area contributed by atoms with Crippen molar-refractivity contribution in [3.63, 3.8) is 0 Å². The van der Waals surface area contributed by atoms with Gasteiger partial charge in [-0.05, 0) is 47.2 Å². The average Bonchev–Trinajstić information content (AvgIpc) is 3.37. The molecule has 0 aliphatic carbocycles. The molecule has 8 nitrogen and oxygen atoms in total. The molecule has 4 aromatic rings. The molecule has 1 N–H and O–H groups in total. The van der Waals surface area contributed by atoms with Crippen LogP contribution in [0.4, 0.5) is 11.4 Å². The van der Waals surface area contributed by atoms with Crippen molar-refractivity contribution in [1.82, 2.24) is 4.57 Å². The average molecular weight is 560 g/mol. The first-order valence-electron chi connectivity index (χ1n) is 12.4. The highest BCUT2D eigenvalue weighted by Crippen LogP contribution is 2.54. The molecule has 6 rings (SSSR count). The van der Waals surface area contributed by atoms with Crippen molar-refractivity contribution in [3.05, 3.63) is 81.3 Å². The third-order valence-electron chi connectivity index (χ3n) is 7.37. The lowest BCUT2D eigenvalue weighted by Gasteiger charge is -2.36. The maximum atomic E-state index is 13.6. The Bertz CT molecular complexity index is 1710. The second-order valence-corrected chi connectivity index (χ2v) is 12.2. The predicted octanol–water partition coefficient (Wildman–Crippen LogP) is 4.65. The molecule has 10 heteroatoms. The molecule has 39 heavy (non-hydrogen) atoms. The van der Waals surface area contributed by atoms with Crippen molar-refractivity contribution >= 4 is 63.0 Å². The van der Waals surface area contributed by atoms with E-state index >= 15 is 0 Å². The molecule has 0 spiro atoms. The summed E-state index contributed by atoms with van der Waals surface area (Å²) in [6, 6.07) is 20.3. The van der Waals surface area contributed by atoms with Gasteiger partial charge in [-0.25, -0.2) is 4.90 Å². The van der Waals surface area contributed by atoms with Crippen LogP contribution in [-0.4, -0.2) is 34.6 Å². The minimum atomic E-state index is -0.775. The number of carbonyl (C=O) groups is 3. The molecular weight excluding hydrogens is 534 g/mol. The van der Waals surface area contributed by atoms with E-state index in [2.05, 4.69) is 5.32 Å². The van der Waals surface area contributed by atoms with Crippen LogP contribution in [0, 0.1) is 5.92 Å². The van der Waals surface area contributed by atoms with Crippen molar-refractivity contribution in [3.8, 4) is 5.75 Å². The number of amides is 3. The molecule has 198 valence electrons. The van der Waals surface area contributed by atoms with Crippen LogP contribution in [0.2, 0.25) is 0 Å². The number of imide groups is 1. The van der Waals surface area contributed by atoms with Gasteiger partial charge in [0.2, 0.25) is 17.7 Å². The molecule has 1 saturated heterocycles. The van der Waals surface area contributed by atoms with Crippen LogP contribution in [0.5, 0.6) is 5.75 Å². The van der Waals surface area contributed by atoms with Gasteiger partial charge in [0.1, 0.15) is 17.5 Å². The summed E-state index contributed by atoms with van der Waals surface area (Å²) in [6.07, 6.45) is 0. The van der Waals surface area contributed by atoms with Gasteiger partial charge in [-0.15, -0.1) is 0 Å². The molecule has 2 atom stereocenters. The minimum absolute atomic E-state index is 0.192. The smallest absolute Gasteiger partial charge is 0.308 e. The maximum absolute atomic E-state index is 13.6. The molecule has 1 aromatic heterocycles. The fourth-order valence-electron chi connectivity index (χ4n) is 5.36. The number of aromatic nitrogens is 1. The van der Waals surface area contributed by atoms with E-state index in [4.69, 9.17) is 4.74 Å². The summed E-state index contributed by atoms with van der Waals surface area (Å²) in [4.78, 5) is 55.0. The molecule has 0 unspecified atom stereocenters. The Morgan fingerprint density at radius 1 is 0.974 bits per heavy atom. The molecule has 1 fully saturated rings. The Morgan fingerprint density at radius 2 is 1.69 bits per heavy atom. The van der Waals surface area contributed by atoms with Crippen LogP contribution in [0.3, 0.4) is 0 Å². The maximum Gasteiger partial charge on any atom is 0.308 e. The van der Waals surface area contributed by atoms with Gasteiger partial charge in [-0.2, -0.15) is 0 Å². The summed E-state index contributed by atoms with van der Waals surface area (Å²) >= 11 is 2.24. The van der Waals surface area contributed by atoms with E-state index in [-0.39, 0.29) is 29.1 Å². The molecular formula is C29H25N3O5S2. The van der Waals surface area contributed by atoms with E-state index in [1.165, 1.54) is 21.2 Å². The number of ether oxygens (including phenoxy) is 1. The third-order valence-corrected chi connectivity index (χ3v) is 10.2. The van der Waals surface area contributed by atoms with Gasteiger partial charge in [0, 0.05) is 16.0 Å². The van der Waals surface area contributed by atoms with Crippen LogP contribution in [0.1, 0.15) is 18.7 Å². The van der Waals surface area contributed by atoms with Crippen molar-refractivity contribution in [2.75, 3.05) is 17.3 Å². The number of anilines is 2. The summed E-state index contributed by atoms with van der Waals surface area (Å²) in [5.41, 5.74) is 0.339. The van der Waals surface area contributed by atoms with E-state index in [9.17, 15) is 19.2 Å². The number of thioether (sulfide) groups is 1. The number of fused-ring (bicyclic) bond motifs is 3. The van der Waals surface area contributed by atoms with Crippen LogP contribution in [0.25, 0.3) is 10.8 Å². The zero-order valence-corrected chi connectivity index (χ0v) is 23.1. The highest BCUT2D eigenvalue weighted by atomic mass is 32.2. The molecule has 2 aliphatic rings. The van der Waals surface area contributed by atoms with Crippen molar-refractivity contribution in [2.24, 2.45) is 5.92 Å². The lowest BCUT2D eigenvalue weighted by molar-refractivity contribution is -0.123. The van der Waals surface area contributed by atoms with Crippen molar-refractivity contribution in [1.29, 1.82) is 0 Å². The topological polar surface area (TPSA) is 97.7 Å². The Balaban J connectivity index is 1.28. The zero-order valence-electron chi connectivity index (χ0n) is 21.5. The molecule has 0 radical (unpaired) electrons. The first-order valence-corrected chi connectivity index (χ1v) is 14.1. The fraction of sp³-hybridized carbons (Fsp3) is 0.241. The van der Waals surface area contributed by atoms with Crippen LogP contribution < -0.4 is 19.8 Å². The SMILES string of the molecule is COc1ccc(N2C(=O)[C@H]3Sc4c(sc(=O)n4CC(=O)Nc4ccc5ccccc5c4)C(C)(C)[C@H]3C2=O)cc1.